The molecule has 0 N–H and O–H groups in total. The monoisotopic (exact) mass is 466 g/mol. The molecule has 4 rings (SSSR count). The second kappa shape index (κ2) is 9.54. The number of hydrogen-bond acceptors (Lipinski definition) is 5. The van der Waals surface area contributed by atoms with E-state index in [1.165, 1.54) is 9.21 Å². The fourth-order valence-electron chi connectivity index (χ4n) is 3.87. The summed E-state index contributed by atoms with van der Waals surface area (Å²) in [6.45, 7) is 0.211. The molecule has 1 aliphatic heterocycles. The van der Waals surface area contributed by atoms with Crippen LogP contribution in [0, 0.1) is 0 Å². The first-order valence-electron chi connectivity index (χ1n) is 10.6. The Balaban J connectivity index is 1.58. The fourth-order valence-corrected chi connectivity index (χ4v) is 5.45. The number of carbonyl (C=O) groups excluding carboxylic acids is 1. The van der Waals surface area contributed by atoms with E-state index in [0.29, 0.717) is 29.3 Å². The molecule has 1 atom stereocenters. The number of hydrogen-bond donors (Lipinski definition) is 0. The lowest BCUT2D eigenvalue weighted by Crippen LogP contribution is -2.51. The maximum absolute atomic E-state index is 13.4. The molecule has 0 spiro atoms. The highest BCUT2D eigenvalue weighted by Gasteiger charge is 2.37. The molecule has 0 aromatic heterocycles. The van der Waals surface area contributed by atoms with Gasteiger partial charge in [-0.05, 0) is 23.8 Å². The number of amides is 1. The van der Waals surface area contributed by atoms with Crippen molar-refractivity contribution < 1.29 is 22.7 Å². The van der Waals surface area contributed by atoms with E-state index in [9.17, 15) is 13.2 Å². The van der Waals surface area contributed by atoms with Gasteiger partial charge in [0.25, 0.3) is 5.91 Å². The number of ether oxygens (including phenoxy) is 2. The Morgan fingerprint density at radius 1 is 1.03 bits per heavy atom. The summed E-state index contributed by atoms with van der Waals surface area (Å²) in [6.07, 6.45) is -0.967. The van der Waals surface area contributed by atoms with Gasteiger partial charge in [-0.15, -0.1) is 0 Å². The van der Waals surface area contributed by atoms with Gasteiger partial charge in [-0.25, -0.2) is 8.42 Å². The van der Waals surface area contributed by atoms with Crippen molar-refractivity contribution in [3.63, 3.8) is 0 Å². The molecule has 0 saturated carbocycles. The number of methoxy groups -OCH3 is 1. The molecule has 8 heteroatoms. The number of rotatable bonds is 7. The minimum atomic E-state index is -3.75. The third kappa shape index (κ3) is 4.96. The van der Waals surface area contributed by atoms with Gasteiger partial charge >= 0.3 is 0 Å². The predicted octanol–water partition coefficient (Wildman–Crippen LogP) is 3.45. The second-order valence-corrected chi connectivity index (χ2v) is 9.75. The van der Waals surface area contributed by atoms with Gasteiger partial charge in [0.2, 0.25) is 10.0 Å². The van der Waals surface area contributed by atoms with Crippen LogP contribution in [0.4, 0.5) is 5.69 Å². The molecule has 1 aliphatic rings. The summed E-state index contributed by atoms with van der Waals surface area (Å²) in [7, 11) is -0.500. The number of fused-ring (bicyclic) bond motifs is 1. The van der Waals surface area contributed by atoms with Gasteiger partial charge < -0.3 is 14.4 Å². The summed E-state index contributed by atoms with van der Waals surface area (Å²) >= 11 is 0. The molecule has 7 nitrogen and oxygen atoms in total. The highest BCUT2D eigenvalue weighted by Crippen LogP contribution is 2.36. The summed E-state index contributed by atoms with van der Waals surface area (Å²) in [5, 5.41) is 0. The van der Waals surface area contributed by atoms with Crippen LogP contribution in [0.15, 0.2) is 78.9 Å². The maximum Gasteiger partial charge on any atom is 0.265 e. The van der Waals surface area contributed by atoms with Crippen molar-refractivity contribution in [2.45, 2.75) is 18.4 Å². The van der Waals surface area contributed by atoms with E-state index in [1.54, 1.807) is 62.7 Å². The van der Waals surface area contributed by atoms with Crippen molar-refractivity contribution in [1.82, 2.24) is 4.90 Å². The minimum absolute atomic E-state index is 0.0960. The third-order valence-corrected chi connectivity index (χ3v) is 7.23. The first-order chi connectivity index (χ1) is 15.9. The Morgan fingerprint density at radius 3 is 2.45 bits per heavy atom. The number of likely N-dealkylation sites (N-methyl/N-ethyl adjacent to an activating group) is 1. The van der Waals surface area contributed by atoms with Gasteiger partial charge in [0.15, 0.2) is 6.10 Å². The molecular formula is C25H26N2O5S. The number of para-hydroxylation sites is 3. The average molecular weight is 467 g/mol. The molecule has 172 valence electrons. The highest BCUT2D eigenvalue weighted by atomic mass is 32.2. The Bertz CT molecular complexity index is 1230. The quantitative estimate of drug-likeness (QED) is 0.533. The highest BCUT2D eigenvalue weighted by molar-refractivity contribution is 7.92. The van der Waals surface area contributed by atoms with Crippen molar-refractivity contribution in [2.75, 3.05) is 25.0 Å². The zero-order chi connectivity index (χ0) is 23.4. The molecule has 3 aromatic carbocycles. The zero-order valence-corrected chi connectivity index (χ0v) is 19.4. The number of sulfonamides is 1. The summed E-state index contributed by atoms with van der Waals surface area (Å²) in [5.41, 5.74) is 1.96. The third-order valence-electron chi connectivity index (χ3n) is 5.51. The minimum Gasteiger partial charge on any atom is -0.496 e. The molecule has 0 saturated heterocycles. The van der Waals surface area contributed by atoms with Crippen molar-refractivity contribution >= 4 is 21.6 Å². The Morgan fingerprint density at radius 2 is 1.70 bits per heavy atom. The lowest BCUT2D eigenvalue weighted by atomic mass is 10.1. The van der Waals surface area contributed by atoms with E-state index < -0.39 is 16.1 Å². The van der Waals surface area contributed by atoms with Crippen LogP contribution in [0.25, 0.3) is 0 Å². The van der Waals surface area contributed by atoms with Crippen LogP contribution in [0.2, 0.25) is 0 Å². The molecule has 0 fully saturated rings. The van der Waals surface area contributed by atoms with Crippen molar-refractivity contribution in [1.29, 1.82) is 0 Å². The summed E-state index contributed by atoms with van der Waals surface area (Å²) < 4.78 is 39.3. The largest absolute Gasteiger partial charge is 0.496 e. The SMILES string of the molecule is COc1ccccc1CN(C)C(=O)[C@H]1CN(S(=O)(=O)Cc2ccccc2)c2ccccc2O1. The standard InChI is InChI=1S/C25H26N2O5S/c1-26(16-20-12-6-8-14-22(20)31-2)25(28)24-17-27(21-13-7-9-15-23(21)32-24)33(29,30)18-19-10-4-3-5-11-19/h3-15,24H,16-18H2,1-2H3/t24-/m1/s1. The molecule has 3 aromatic rings. The van der Waals surface area contributed by atoms with E-state index in [4.69, 9.17) is 9.47 Å². The number of benzene rings is 3. The summed E-state index contributed by atoms with van der Waals surface area (Å²) in [4.78, 5) is 14.8. The lowest BCUT2D eigenvalue weighted by Gasteiger charge is -2.36. The first kappa shape index (κ1) is 22.7. The van der Waals surface area contributed by atoms with E-state index in [2.05, 4.69) is 0 Å². The molecule has 1 heterocycles. The molecule has 0 aliphatic carbocycles. The average Bonchev–Trinajstić information content (AvgIpc) is 2.83. The van der Waals surface area contributed by atoms with Crippen LogP contribution >= 0.6 is 0 Å². The maximum atomic E-state index is 13.4. The van der Waals surface area contributed by atoms with E-state index in [1.807, 2.05) is 30.3 Å². The zero-order valence-electron chi connectivity index (χ0n) is 18.5. The van der Waals surface area contributed by atoms with Gasteiger partial charge in [0.1, 0.15) is 11.5 Å². The number of anilines is 1. The van der Waals surface area contributed by atoms with Crippen LogP contribution in [0.3, 0.4) is 0 Å². The van der Waals surface area contributed by atoms with Crippen molar-refractivity contribution in [3.8, 4) is 11.5 Å². The van der Waals surface area contributed by atoms with Gasteiger partial charge in [-0.3, -0.25) is 9.10 Å². The molecule has 0 bridgehead atoms. The van der Waals surface area contributed by atoms with Gasteiger partial charge in [-0.1, -0.05) is 60.7 Å². The van der Waals surface area contributed by atoms with Crippen LogP contribution in [-0.2, 0) is 27.1 Å². The predicted molar refractivity (Wildman–Crippen MR) is 127 cm³/mol. The molecule has 33 heavy (non-hydrogen) atoms. The summed E-state index contributed by atoms with van der Waals surface area (Å²) in [5.74, 6) is 0.569. The Labute approximate surface area is 194 Å². The first-order valence-corrected chi connectivity index (χ1v) is 12.2. The van der Waals surface area contributed by atoms with Crippen molar-refractivity contribution in [2.24, 2.45) is 0 Å². The van der Waals surface area contributed by atoms with Crippen LogP contribution in [0.1, 0.15) is 11.1 Å². The molecule has 0 radical (unpaired) electrons. The van der Waals surface area contributed by atoms with Gasteiger partial charge in [0.05, 0.1) is 25.1 Å². The van der Waals surface area contributed by atoms with Crippen molar-refractivity contribution in [3.05, 3.63) is 90.0 Å². The lowest BCUT2D eigenvalue weighted by molar-refractivity contribution is -0.137. The van der Waals surface area contributed by atoms with E-state index >= 15 is 0 Å². The molecule has 0 unspecified atom stereocenters. The number of carbonyl (C=O) groups is 1. The molecule has 1 amide bonds. The van der Waals surface area contributed by atoms with E-state index in [0.717, 1.165) is 5.56 Å². The normalized spacial score (nSPS) is 15.3. The second-order valence-electron chi connectivity index (χ2n) is 7.85. The Kier molecular flexibility index (Phi) is 6.55. The Hall–Kier alpha value is -3.52. The van der Waals surface area contributed by atoms with Gasteiger partial charge in [0, 0.05) is 19.2 Å². The smallest absolute Gasteiger partial charge is 0.265 e. The fraction of sp³-hybridized carbons (Fsp3) is 0.240. The van der Waals surface area contributed by atoms with Gasteiger partial charge in [-0.2, -0.15) is 0 Å². The van der Waals surface area contributed by atoms with E-state index in [-0.39, 0.29) is 18.2 Å². The van der Waals surface area contributed by atoms with Crippen LogP contribution in [0.5, 0.6) is 11.5 Å². The number of nitrogens with zero attached hydrogens (tertiary/aromatic N) is 2. The summed E-state index contributed by atoms with van der Waals surface area (Å²) in [6, 6.07) is 23.3. The van der Waals surface area contributed by atoms with Crippen LogP contribution < -0.4 is 13.8 Å². The topological polar surface area (TPSA) is 76.2 Å². The van der Waals surface area contributed by atoms with Crippen LogP contribution in [-0.4, -0.2) is 46.0 Å². The molecular weight excluding hydrogens is 440 g/mol.